The van der Waals surface area contributed by atoms with E-state index in [4.69, 9.17) is 0 Å². The van der Waals surface area contributed by atoms with Crippen LogP contribution in [0.1, 0.15) is 141 Å². The van der Waals surface area contributed by atoms with Crippen molar-refractivity contribution in [3.05, 3.63) is 30.3 Å². The first-order valence-electron chi connectivity index (χ1n) is 13.2. The molecular weight excluding hydrogens is 442 g/mol. The highest BCUT2D eigenvalue weighted by atomic mass is 16.7. The Labute approximate surface area is 203 Å². The van der Waals surface area contributed by atoms with E-state index >= 15 is 0 Å². The topological polar surface area (TPSA) is 146 Å². The van der Waals surface area contributed by atoms with Gasteiger partial charge < -0.3 is 0 Å². The van der Waals surface area contributed by atoms with Crippen molar-refractivity contribution in [2.75, 3.05) is 0 Å². The molecule has 10 heteroatoms. The summed E-state index contributed by atoms with van der Waals surface area (Å²) in [6.45, 7) is 0. The van der Waals surface area contributed by atoms with Crippen molar-refractivity contribution in [2.24, 2.45) is 0 Å². The first kappa shape index (κ1) is 31.9. The number of unbranched alkanes of at least 4 members (excludes halogenated alkanes) is 20. The van der Waals surface area contributed by atoms with Crippen LogP contribution in [-0.2, 0) is 4.79 Å². The third-order valence-electron chi connectivity index (χ3n) is 6.42. The predicted octanol–water partition coefficient (Wildman–Crippen LogP) is 7.16. The monoisotopic (exact) mass is 486 g/mol. The molecule has 0 bridgehead atoms. The van der Waals surface area contributed by atoms with Crippen LogP contribution in [0.4, 0.5) is 0 Å². The van der Waals surface area contributed by atoms with Crippen LogP contribution in [0.25, 0.3) is 0 Å². The molecule has 0 fully saturated rings. The summed E-state index contributed by atoms with van der Waals surface area (Å²) in [7, 11) is 0. The molecule has 0 atom stereocenters. The lowest BCUT2D eigenvalue weighted by Gasteiger charge is -2.08. The van der Waals surface area contributed by atoms with Gasteiger partial charge in [-0.15, -0.1) is 0 Å². The Balaban J connectivity index is 3.41. The van der Waals surface area contributed by atoms with Gasteiger partial charge in [0, 0.05) is 6.42 Å². The molecule has 0 saturated carbocycles. The number of nitro groups is 3. The molecule has 197 valence electrons. The predicted molar refractivity (Wildman–Crippen MR) is 131 cm³/mol. The number of nitrogens with zero attached hydrogens (tertiary/aromatic N) is 3. The highest BCUT2D eigenvalue weighted by Crippen LogP contribution is 2.22. The zero-order valence-electron chi connectivity index (χ0n) is 20.8. The van der Waals surface area contributed by atoms with Gasteiger partial charge in [0.05, 0.1) is 0 Å². The minimum atomic E-state index is -3.31. The van der Waals surface area contributed by atoms with Crippen LogP contribution >= 0.6 is 0 Å². The smallest absolute Gasteiger partial charge is 0.291 e. The van der Waals surface area contributed by atoms with E-state index in [2.05, 4.69) is 0 Å². The van der Waals surface area contributed by atoms with E-state index in [0.717, 1.165) is 38.5 Å². The van der Waals surface area contributed by atoms with Crippen LogP contribution in [0.15, 0.2) is 0 Å². The van der Waals surface area contributed by atoms with Crippen molar-refractivity contribution in [3.8, 4) is 0 Å². The molecule has 0 saturated heterocycles. The molecule has 0 amide bonds. The summed E-state index contributed by atoms with van der Waals surface area (Å²) in [6.07, 6.45) is 23.9. The fourth-order valence-electron chi connectivity index (χ4n) is 4.22. The first-order chi connectivity index (χ1) is 16.4. The van der Waals surface area contributed by atoms with Crippen molar-refractivity contribution >= 4 is 6.29 Å². The Morgan fingerprint density at radius 1 is 0.441 bits per heavy atom. The molecule has 0 aliphatic rings. The van der Waals surface area contributed by atoms with E-state index in [1.165, 1.54) is 77.0 Å². The van der Waals surface area contributed by atoms with Gasteiger partial charge in [0.15, 0.2) is 27.5 Å². The van der Waals surface area contributed by atoms with Gasteiger partial charge in [-0.05, 0) is 12.8 Å². The standard InChI is InChI=1S/C24H44N3O7/c28-23-21-19-17-15-13-11-9-7-5-3-1-2-4-6-8-10-12-14-16-18-20-22-24(25(29)30,26(31)32)27(33)34/h1-22H2. The molecule has 0 spiro atoms. The molecule has 34 heavy (non-hydrogen) atoms. The molecule has 0 N–H and O–H groups in total. The molecule has 1 radical (unpaired) electrons. The molecule has 0 aliphatic carbocycles. The maximum atomic E-state index is 10.9. The van der Waals surface area contributed by atoms with E-state index < -0.39 is 27.0 Å². The number of rotatable bonds is 26. The minimum absolute atomic E-state index is 0.102. The second kappa shape index (κ2) is 21.4. The highest BCUT2D eigenvalue weighted by Gasteiger charge is 2.69. The minimum Gasteiger partial charge on any atom is -0.291 e. The lowest BCUT2D eigenvalue weighted by Crippen LogP contribution is -2.53. The second-order valence-electron chi connectivity index (χ2n) is 9.26. The number of hydrogen-bond donors (Lipinski definition) is 0. The summed E-state index contributed by atoms with van der Waals surface area (Å²) >= 11 is 0. The average molecular weight is 487 g/mol. The summed E-state index contributed by atoms with van der Waals surface area (Å²) < 4.78 is 0. The van der Waals surface area contributed by atoms with Gasteiger partial charge in [-0.3, -0.25) is 35.1 Å². The van der Waals surface area contributed by atoms with Crippen LogP contribution in [0.5, 0.6) is 0 Å². The fourth-order valence-corrected chi connectivity index (χ4v) is 4.22. The summed E-state index contributed by atoms with van der Waals surface area (Å²) in [4.78, 5) is 38.5. The van der Waals surface area contributed by atoms with E-state index in [-0.39, 0.29) is 6.42 Å². The van der Waals surface area contributed by atoms with Crippen molar-refractivity contribution in [1.29, 1.82) is 0 Å². The maximum Gasteiger partial charge on any atom is 0.699 e. The van der Waals surface area contributed by atoms with Crippen LogP contribution in [0.2, 0.25) is 0 Å². The second-order valence-corrected chi connectivity index (χ2v) is 9.26. The molecule has 10 nitrogen and oxygen atoms in total. The fraction of sp³-hybridized carbons (Fsp3) is 0.958. The molecule has 0 aromatic rings. The van der Waals surface area contributed by atoms with Crippen molar-refractivity contribution in [1.82, 2.24) is 0 Å². The van der Waals surface area contributed by atoms with Gasteiger partial charge in [0.2, 0.25) is 0 Å². The van der Waals surface area contributed by atoms with E-state index in [9.17, 15) is 35.1 Å². The quantitative estimate of drug-likeness (QED) is 0.0545. The van der Waals surface area contributed by atoms with Crippen LogP contribution < -0.4 is 0 Å². The van der Waals surface area contributed by atoms with Gasteiger partial charge in [-0.2, -0.15) is 0 Å². The van der Waals surface area contributed by atoms with E-state index in [1.54, 1.807) is 0 Å². The Morgan fingerprint density at radius 2 is 0.676 bits per heavy atom. The number of carbonyl (C=O) groups excluding carboxylic acids is 1. The van der Waals surface area contributed by atoms with Crippen molar-refractivity contribution < 1.29 is 19.6 Å². The lowest BCUT2D eigenvalue weighted by atomic mass is 10.0. The Bertz CT molecular complexity index is 537. The van der Waals surface area contributed by atoms with Crippen molar-refractivity contribution in [3.63, 3.8) is 0 Å². The third kappa shape index (κ3) is 14.9. The van der Waals surface area contributed by atoms with Gasteiger partial charge in [0.25, 0.3) is 0 Å². The van der Waals surface area contributed by atoms with E-state index in [1.807, 2.05) is 6.29 Å². The summed E-state index contributed by atoms with van der Waals surface area (Å²) in [6, 6.07) is 0. The van der Waals surface area contributed by atoms with Gasteiger partial charge in [0.1, 0.15) is 0 Å². The van der Waals surface area contributed by atoms with Crippen molar-refractivity contribution in [2.45, 2.75) is 147 Å². The van der Waals surface area contributed by atoms with Crippen LogP contribution in [0.3, 0.4) is 0 Å². The Morgan fingerprint density at radius 3 is 0.912 bits per heavy atom. The van der Waals surface area contributed by atoms with Crippen LogP contribution in [0, 0.1) is 30.3 Å². The molecule has 0 heterocycles. The maximum absolute atomic E-state index is 10.9. The van der Waals surface area contributed by atoms with Gasteiger partial charge >= 0.3 is 5.79 Å². The number of hydrogen-bond acceptors (Lipinski definition) is 7. The average Bonchev–Trinajstić information content (AvgIpc) is 2.79. The molecule has 0 aromatic heterocycles. The normalized spacial score (nSPS) is 11.4. The largest absolute Gasteiger partial charge is 0.699 e. The molecular formula is C24H44N3O7. The zero-order chi connectivity index (χ0) is 25.5. The highest BCUT2D eigenvalue weighted by molar-refractivity contribution is 5.50. The summed E-state index contributed by atoms with van der Waals surface area (Å²) in [5.41, 5.74) is 0. The molecule has 0 unspecified atom stereocenters. The zero-order valence-corrected chi connectivity index (χ0v) is 20.8. The summed E-state index contributed by atoms with van der Waals surface area (Å²) in [5, 5.41) is 32.6. The van der Waals surface area contributed by atoms with Gasteiger partial charge in [-0.1, -0.05) is 116 Å². The molecule has 0 aromatic carbocycles. The summed E-state index contributed by atoms with van der Waals surface area (Å²) in [5.74, 6) is -3.31. The third-order valence-corrected chi connectivity index (χ3v) is 6.42. The molecule has 0 aliphatic heterocycles. The van der Waals surface area contributed by atoms with Gasteiger partial charge in [-0.25, -0.2) is 0 Å². The van der Waals surface area contributed by atoms with E-state index in [0.29, 0.717) is 12.8 Å². The van der Waals surface area contributed by atoms with Crippen LogP contribution in [-0.4, -0.2) is 26.8 Å². The first-order valence-corrected chi connectivity index (χ1v) is 13.2. The Kier molecular flexibility index (Phi) is 20.1. The SMILES string of the molecule is O=[C]CCCCCCCCCCCCCCCCCCCCCCC([N+](=O)[O-])([N+](=O)[O-])[N+](=O)[O-]. The Hall–Kier alpha value is -2.13. The lowest BCUT2D eigenvalue weighted by molar-refractivity contribution is -0.970. The molecule has 0 rings (SSSR count).